The van der Waals surface area contributed by atoms with Gasteiger partial charge >= 0.3 is 0 Å². The van der Waals surface area contributed by atoms with Crippen molar-refractivity contribution in [3.8, 4) is 0 Å². The van der Waals surface area contributed by atoms with Crippen LogP contribution in [0.2, 0.25) is 5.02 Å². The number of ketones is 1. The number of halogens is 3. The van der Waals surface area contributed by atoms with E-state index in [-0.39, 0.29) is 17.1 Å². The van der Waals surface area contributed by atoms with Gasteiger partial charge in [-0.1, -0.05) is 23.7 Å². The Bertz CT molecular complexity index is 387. The molecular formula is C10H10ClF2NO. The fraction of sp³-hybridized carbons (Fsp3) is 0.300. The van der Waals surface area contributed by atoms with Gasteiger partial charge in [0.05, 0.1) is 11.6 Å². The van der Waals surface area contributed by atoms with Crippen LogP contribution >= 0.6 is 11.6 Å². The van der Waals surface area contributed by atoms with Crippen LogP contribution in [0.25, 0.3) is 0 Å². The third kappa shape index (κ3) is 2.52. The minimum absolute atomic E-state index is 0.113. The Balaban J connectivity index is 3.40. The predicted molar refractivity (Wildman–Crippen MR) is 54.4 cm³/mol. The van der Waals surface area contributed by atoms with Gasteiger partial charge in [0.25, 0.3) is 5.92 Å². The number of hydrogen-bond donors (Lipinski definition) is 1. The number of hydrogen-bond acceptors (Lipinski definition) is 2. The summed E-state index contributed by atoms with van der Waals surface area (Å²) < 4.78 is 26.4. The molecule has 1 rings (SSSR count). The Morgan fingerprint density at radius 1 is 1.53 bits per heavy atom. The number of nitrogens with two attached hydrogens (primary N) is 1. The number of carbonyl (C=O) groups excluding carboxylic acids is 1. The van der Waals surface area contributed by atoms with Gasteiger partial charge in [0.15, 0.2) is 5.78 Å². The molecule has 15 heavy (non-hydrogen) atoms. The summed E-state index contributed by atoms with van der Waals surface area (Å²) in [4.78, 5) is 11.3. The summed E-state index contributed by atoms with van der Waals surface area (Å²) >= 11 is 5.64. The van der Waals surface area contributed by atoms with E-state index in [0.717, 1.165) is 0 Å². The minimum Gasteiger partial charge on any atom is -0.324 e. The van der Waals surface area contributed by atoms with E-state index in [2.05, 4.69) is 0 Å². The van der Waals surface area contributed by atoms with Gasteiger partial charge in [-0.3, -0.25) is 4.79 Å². The lowest BCUT2D eigenvalue weighted by molar-refractivity contribution is 0.0166. The number of benzene rings is 1. The fourth-order valence-electron chi connectivity index (χ4n) is 1.31. The lowest BCUT2D eigenvalue weighted by atomic mass is 9.99. The second-order valence-electron chi connectivity index (χ2n) is 3.18. The summed E-state index contributed by atoms with van der Waals surface area (Å²) in [5.41, 5.74) is 4.56. The molecule has 82 valence electrons. The molecule has 0 aliphatic carbocycles. The summed E-state index contributed by atoms with van der Waals surface area (Å²) in [5, 5.41) is -0.123. The molecule has 1 aromatic carbocycles. The highest BCUT2D eigenvalue weighted by Gasteiger charge is 2.31. The van der Waals surface area contributed by atoms with E-state index < -0.39 is 17.3 Å². The van der Waals surface area contributed by atoms with E-state index in [1.807, 2.05) is 0 Å². The number of Topliss-reactive ketones (excluding diaryl/α,β-unsaturated/α-hetero) is 1. The lowest BCUT2D eigenvalue weighted by Crippen LogP contribution is -2.20. The van der Waals surface area contributed by atoms with Crippen molar-refractivity contribution in [2.45, 2.75) is 12.8 Å². The van der Waals surface area contributed by atoms with Crippen molar-refractivity contribution in [1.29, 1.82) is 0 Å². The van der Waals surface area contributed by atoms with Crippen molar-refractivity contribution < 1.29 is 13.6 Å². The monoisotopic (exact) mass is 233 g/mol. The molecule has 2 N–H and O–H groups in total. The average molecular weight is 234 g/mol. The topological polar surface area (TPSA) is 43.1 Å². The lowest BCUT2D eigenvalue weighted by Gasteiger charge is -2.16. The molecule has 0 unspecified atom stereocenters. The van der Waals surface area contributed by atoms with E-state index in [1.54, 1.807) is 0 Å². The molecule has 0 saturated heterocycles. The zero-order valence-corrected chi connectivity index (χ0v) is 8.81. The summed E-state index contributed by atoms with van der Waals surface area (Å²) in [5.74, 6) is -3.70. The van der Waals surface area contributed by atoms with Crippen molar-refractivity contribution in [3.05, 3.63) is 34.3 Å². The van der Waals surface area contributed by atoms with E-state index in [9.17, 15) is 13.6 Å². The minimum atomic E-state index is -3.15. The van der Waals surface area contributed by atoms with Crippen LogP contribution in [0.1, 0.15) is 22.8 Å². The SMILES string of the molecule is CC(F)(F)c1c(Cl)cccc1C(=O)CN. The Labute approximate surface area is 91.0 Å². The van der Waals surface area contributed by atoms with Crippen LogP contribution in [0.15, 0.2) is 18.2 Å². The molecule has 5 heteroatoms. The van der Waals surface area contributed by atoms with Crippen LogP contribution < -0.4 is 5.73 Å². The average Bonchev–Trinajstić information content (AvgIpc) is 2.14. The van der Waals surface area contributed by atoms with Crippen LogP contribution in [0, 0.1) is 0 Å². The van der Waals surface area contributed by atoms with Crippen LogP contribution in [0.4, 0.5) is 8.78 Å². The molecule has 0 aliphatic heterocycles. The van der Waals surface area contributed by atoms with Crippen LogP contribution in [0.5, 0.6) is 0 Å². The number of alkyl halides is 2. The highest BCUT2D eigenvalue weighted by atomic mass is 35.5. The highest BCUT2D eigenvalue weighted by Crippen LogP contribution is 2.35. The molecule has 2 nitrogen and oxygen atoms in total. The zero-order chi connectivity index (χ0) is 11.6. The van der Waals surface area contributed by atoms with Crippen molar-refractivity contribution >= 4 is 17.4 Å². The van der Waals surface area contributed by atoms with Crippen molar-refractivity contribution in [2.24, 2.45) is 5.73 Å². The molecule has 0 radical (unpaired) electrons. The molecular weight excluding hydrogens is 224 g/mol. The van der Waals surface area contributed by atoms with Crippen molar-refractivity contribution in [1.82, 2.24) is 0 Å². The quantitative estimate of drug-likeness (QED) is 0.816. The summed E-state index contributed by atoms with van der Waals surface area (Å²) in [6.45, 7) is 0.380. The third-order valence-electron chi connectivity index (χ3n) is 1.94. The molecule has 0 atom stereocenters. The largest absolute Gasteiger partial charge is 0.324 e. The maximum Gasteiger partial charge on any atom is 0.272 e. The van der Waals surface area contributed by atoms with Gasteiger partial charge in [0.1, 0.15) is 0 Å². The van der Waals surface area contributed by atoms with Gasteiger partial charge in [-0.15, -0.1) is 0 Å². The van der Waals surface area contributed by atoms with Crippen LogP contribution in [0.3, 0.4) is 0 Å². The van der Waals surface area contributed by atoms with Gasteiger partial charge in [-0.25, -0.2) is 8.78 Å². The van der Waals surface area contributed by atoms with E-state index in [1.165, 1.54) is 18.2 Å². The fourth-order valence-corrected chi connectivity index (χ4v) is 1.65. The molecule has 1 aromatic rings. The number of rotatable bonds is 3. The van der Waals surface area contributed by atoms with Gasteiger partial charge in [-0.05, 0) is 6.07 Å². The molecule has 0 fully saturated rings. The first-order chi connectivity index (χ1) is 6.88. The smallest absolute Gasteiger partial charge is 0.272 e. The summed E-state index contributed by atoms with van der Waals surface area (Å²) in [7, 11) is 0. The zero-order valence-electron chi connectivity index (χ0n) is 8.06. The summed E-state index contributed by atoms with van der Waals surface area (Å²) in [6.07, 6.45) is 0. The Kier molecular flexibility index (Phi) is 3.42. The van der Waals surface area contributed by atoms with E-state index in [0.29, 0.717) is 6.92 Å². The van der Waals surface area contributed by atoms with Crippen LogP contribution in [-0.2, 0) is 5.92 Å². The first kappa shape index (κ1) is 12.1. The third-order valence-corrected chi connectivity index (χ3v) is 2.25. The molecule has 0 saturated carbocycles. The van der Waals surface area contributed by atoms with Gasteiger partial charge < -0.3 is 5.73 Å². The Hall–Kier alpha value is -1.00. The second kappa shape index (κ2) is 4.24. The van der Waals surface area contributed by atoms with Gasteiger partial charge in [-0.2, -0.15) is 0 Å². The summed E-state index contributed by atoms with van der Waals surface area (Å²) in [6, 6.07) is 4.07. The van der Waals surface area contributed by atoms with E-state index in [4.69, 9.17) is 17.3 Å². The highest BCUT2D eigenvalue weighted by molar-refractivity contribution is 6.32. The molecule has 0 heterocycles. The Morgan fingerprint density at radius 3 is 2.60 bits per heavy atom. The van der Waals surface area contributed by atoms with Crippen molar-refractivity contribution in [3.63, 3.8) is 0 Å². The Morgan fingerprint density at radius 2 is 2.13 bits per heavy atom. The van der Waals surface area contributed by atoms with E-state index >= 15 is 0 Å². The standard InChI is InChI=1S/C10H10ClF2NO/c1-10(12,13)9-6(8(15)5-14)3-2-4-7(9)11/h2-4H,5,14H2,1H3. The first-order valence-electron chi connectivity index (χ1n) is 4.28. The molecule has 0 spiro atoms. The predicted octanol–water partition coefficient (Wildman–Crippen LogP) is 2.59. The number of carbonyl (C=O) groups is 1. The first-order valence-corrected chi connectivity index (χ1v) is 4.65. The van der Waals surface area contributed by atoms with Gasteiger partial charge in [0.2, 0.25) is 0 Å². The van der Waals surface area contributed by atoms with Gasteiger partial charge in [0, 0.05) is 18.1 Å². The second-order valence-corrected chi connectivity index (χ2v) is 3.59. The maximum absolute atomic E-state index is 13.2. The molecule has 0 bridgehead atoms. The van der Waals surface area contributed by atoms with Crippen molar-refractivity contribution in [2.75, 3.05) is 6.54 Å². The normalized spacial score (nSPS) is 11.5. The molecule has 0 aromatic heterocycles. The van der Waals surface area contributed by atoms with Crippen LogP contribution in [-0.4, -0.2) is 12.3 Å². The maximum atomic E-state index is 13.2. The molecule has 0 aliphatic rings. The molecule has 0 amide bonds.